The summed E-state index contributed by atoms with van der Waals surface area (Å²) in [6, 6.07) is -0.427. The van der Waals surface area contributed by atoms with Gasteiger partial charge in [0.25, 0.3) is 0 Å². The SMILES string of the molecule is CS(=O)(=O)C1CC2CCC(C1)N2C(=O)CCC(F)(F)F. The Kier molecular flexibility index (Phi) is 4.05. The van der Waals surface area contributed by atoms with Gasteiger partial charge in [-0.05, 0) is 25.7 Å². The molecule has 2 saturated heterocycles. The van der Waals surface area contributed by atoms with E-state index in [-0.39, 0.29) is 12.1 Å². The molecule has 0 aliphatic carbocycles. The van der Waals surface area contributed by atoms with Crippen LogP contribution in [0.3, 0.4) is 0 Å². The first kappa shape index (κ1) is 15.6. The van der Waals surface area contributed by atoms with Crippen LogP contribution in [0.1, 0.15) is 38.5 Å². The van der Waals surface area contributed by atoms with Crippen LogP contribution >= 0.6 is 0 Å². The minimum absolute atomic E-state index is 0.214. The van der Waals surface area contributed by atoms with Gasteiger partial charge in [-0.3, -0.25) is 4.79 Å². The quantitative estimate of drug-likeness (QED) is 0.799. The summed E-state index contributed by atoms with van der Waals surface area (Å²) in [6.07, 6.45) is -2.72. The smallest absolute Gasteiger partial charge is 0.337 e. The number of amides is 1. The van der Waals surface area contributed by atoms with Crippen LogP contribution in [0.25, 0.3) is 0 Å². The van der Waals surface area contributed by atoms with Crippen molar-refractivity contribution >= 4 is 15.7 Å². The summed E-state index contributed by atoms with van der Waals surface area (Å²) in [4.78, 5) is 13.4. The normalized spacial score (nSPS) is 30.6. The summed E-state index contributed by atoms with van der Waals surface area (Å²) in [6.45, 7) is 0. The number of halogens is 3. The fourth-order valence-electron chi connectivity index (χ4n) is 3.26. The predicted octanol–water partition coefficient (Wildman–Crippen LogP) is 1.90. The van der Waals surface area contributed by atoms with Crippen molar-refractivity contribution in [1.29, 1.82) is 0 Å². The van der Waals surface area contributed by atoms with Gasteiger partial charge in [0.05, 0.1) is 11.7 Å². The first-order chi connectivity index (χ1) is 9.08. The first-order valence-electron chi connectivity index (χ1n) is 6.64. The van der Waals surface area contributed by atoms with Crippen molar-refractivity contribution in [3.05, 3.63) is 0 Å². The van der Waals surface area contributed by atoms with Crippen molar-refractivity contribution in [3.8, 4) is 0 Å². The van der Waals surface area contributed by atoms with E-state index in [1.165, 1.54) is 11.2 Å². The van der Waals surface area contributed by atoms with Crippen LogP contribution in [0, 0.1) is 0 Å². The Morgan fingerprint density at radius 3 is 2.10 bits per heavy atom. The molecule has 2 aliphatic rings. The monoisotopic (exact) mass is 313 g/mol. The van der Waals surface area contributed by atoms with Crippen LogP contribution in [-0.4, -0.2) is 49.0 Å². The van der Waals surface area contributed by atoms with Gasteiger partial charge in [0.15, 0.2) is 0 Å². The minimum atomic E-state index is -4.33. The van der Waals surface area contributed by atoms with Gasteiger partial charge in [-0.2, -0.15) is 13.2 Å². The van der Waals surface area contributed by atoms with E-state index in [1.54, 1.807) is 0 Å². The van der Waals surface area contributed by atoms with Gasteiger partial charge in [-0.25, -0.2) is 8.42 Å². The first-order valence-corrected chi connectivity index (χ1v) is 8.60. The van der Waals surface area contributed by atoms with E-state index >= 15 is 0 Å². The van der Waals surface area contributed by atoms with Crippen molar-refractivity contribution < 1.29 is 26.4 Å². The molecule has 0 radical (unpaired) electrons. The molecule has 0 N–H and O–H groups in total. The number of nitrogens with zero attached hydrogens (tertiary/aromatic N) is 1. The molecule has 8 heteroatoms. The van der Waals surface area contributed by atoms with Crippen molar-refractivity contribution in [3.63, 3.8) is 0 Å². The molecule has 116 valence electrons. The Bertz CT molecular complexity index is 475. The van der Waals surface area contributed by atoms with E-state index in [0.29, 0.717) is 25.7 Å². The van der Waals surface area contributed by atoms with Crippen molar-refractivity contribution in [2.75, 3.05) is 6.26 Å². The maximum atomic E-state index is 12.2. The summed E-state index contributed by atoms with van der Waals surface area (Å²) in [5, 5.41) is -0.466. The van der Waals surface area contributed by atoms with Crippen LogP contribution in [0.5, 0.6) is 0 Å². The predicted molar refractivity (Wildman–Crippen MR) is 66.8 cm³/mol. The number of carbonyl (C=O) groups is 1. The number of hydrogen-bond donors (Lipinski definition) is 0. The molecule has 2 aliphatic heterocycles. The number of carbonyl (C=O) groups excluding carboxylic acids is 1. The average Bonchev–Trinajstić information content (AvgIpc) is 2.54. The van der Waals surface area contributed by atoms with Gasteiger partial charge in [0, 0.05) is 24.8 Å². The summed E-state index contributed by atoms with van der Waals surface area (Å²) >= 11 is 0. The molecule has 0 aromatic heterocycles. The molecule has 0 aromatic carbocycles. The third kappa shape index (κ3) is 3.45. The standard InChI is InChI=1S/C12H18F3NO3S/c1-20(18,19)10-6-8-2-3-9(7-10)16(8)11(17)4-5-12(13,14)15/h8-10H,2-7H2,1H3. The second-order valence-electron chi connectivity index (χ2n) is 5.72. The van der Waals surface area contributed by atoms with Gasteiger partial charge >= 0.3 is 6.18 Å². The highest BCUT2D eigenvalue weighted by molar-refractivity contribution is 7.91. The van der Waals surface area contributed by atoms with Gasteiger partial charge in [-0.15, -0.1) is 0 Å². The summed E-state index contributed by atoms with van der Waals surface area (Å²) < 4.78 is 59.7. The molecule has 2 fully saturated rings. The zero-order valence-corrected chi connectivity index (χ0v) is 12.0. The molecule has 0 aromatic rings. The number of sulfone groups is 1. The molecule has 2 rings (SSSR count). The number of fused-ring (bicyclic) bond motifs is 2. The van der Waals surface area contributed by atoms with Crippen molar-refractivity contribution in [2.45, 2.75) is 62.0 Å². The number of rotatable bonds is 3. The highest BCUT2D eigenvalue weighted by Crippen LogP contribution is 2.39. The van der Waals surface area contributed by atoms with Crippen LogP contribution < -0.4 is 0 Å². The van der Waals surface area contributed by atoms with Crippen molar-refractivity contribution in [2.24, 2.45) is 0 Å². The highest BCUT2D eigenvalue weighted by Gasteiger charge is 2.46. The summed E-state index contributed by atoms with van der Waals surface area (Å²) in [7, 11) is -3.15. The topological polar surface area (TPSA) is 54.5 Å². The van der Waals surface area contributed by atoms with Crippen LogP contribution in [0.4, 0.5) is 13.2 Å². The van der Waals surface area contributed by atoms with E-state index in [9.17, 15) is 26.4 Å². The molecular formula is C12H18F3NO3S. The second kappa shape index (κ2) is 5.20. The molecule has 2 bridgehead atoms. The van der Waals surface area contributed by atoms with Gasteiger partial charge in [0.1, 0.15) is 9.84 Å². The third-order valence-corrected chi connectivity index (χ3v) is 5.80. The van der Waals surface area contributed by atoms with Crippen LogP contribution in [0.2, 0.25) is 0 Å². The number of alkyl halides is 3. The highest BCUT2D eigenvalue weighted by atomic mass is 32.2. The molecule has 2 atom stereocenters. The lowest BCUT2D eigenvalue weighted by atomic mass is 10.0. The molecule has 0 saturated carbocycles. The zero-order chi connectivity index (χ0) is 15.1. The number of piperidine rings is 1. The van der Waals surface area contributed by atoms with E-state index < -0.39 is 40.0 Å². The van der Waals surface area contributed by atoms with Gasteiger partial charge in [-0.1, -0.05) is 0 Å². The molecule has 0 spiro atoms. The Balaban J connectivity index is 2.01. The van der Waals surface area contributed by atoms with E-state index in [0.717, 1.165) is 0 Å². The second-order valence-corrected chi connectivity index (χ2v) is 8.05. The molecule has 20 heavy (non-hydrogen) atoms. The molecular weight excluding hydrogens is 295 g/mol. The van der Waals surface area contributed by atoms with Gasteiger partial charge < -0.3 is 4.90 Å². The molecule has 1 amide bonds. The molecule has 4 nitrogen and oxygen atoms in total. The molecule has 2 unspecified atom stereocenters. The Labute approximate surface area is 116 Å². The maximum absolute atomic E-state index is 12.2. The zero-order valence-electron chi connectivity index (χ0n) is 11.2. The van der Waals surface area contributed by atoms with E-state index in [2.05, 4.69) is 0 Å². The maximum Gasteiger partial charge on any atom is 0.389 e. The summed E-state index contributed by atoms with van der Waals surface area (Å²) in [5.74, 6) is -0.498. The lowest BCUT2D eigenvalue weighted by molar-refractivity contribution is -0.151. The summed E-state index contributed by atoms with van der Waals surface area (Å²) in [5.41, 5.74) is 0. The Hall–Kier alpha value is -0.790. The van der Waals surface area contributed by atoms with Crippen LogP contribution in [0.15, 0.2) is 0 Å². The van der Waals surface area contributed by atoms with Gasteiger partial charge in [0.2, 0.25) is 5.91 Å². The minimum Gasteiger partial charge on any atom is -0.337 e. The fourth-order valence-corrected chi connectivity index (χ4v) is 4.41. The lowest BCUT2D eigenvalue weighted by Gasteiger charge is -2.38. The average molecular weight is 313 g/mol. The van der Waals surface area contributed by atoms with E-state index in [1.807, 2.05) is 0 Å². The third-order valence-electron chi connectivity index (χ3n) is 4.21. The molecule has 2 heterocycles. The number of hydrogen-bond acceptors (Lipinski definition) is 3. The largest absolute Gasteiger partial charge is 0.389 e. The fraction of sp³-hybridized carbons (Fsp3) is 0.917. The van der Waals surface area contributed by atoms with Crippen molar-refractivity contribution in [1.82, 2.24) is 4.90 Å². The Morgan fingerprint density at radius 2 is 1.70 bits per heavy atom. The van der Waals surface area contributed by atoms with E-state index in [4.69, 9.17) is 0 Å². The van der Waals surface area contributed by atoms with Crippen LogP contribution in [-0.2, 0) is 14.6 Å². The Morgan fingerprint density at radius 1 is 1.20 bits per heavy atom. The lowest BCUT2D eigenvalue weighted by Crippen LogP contribution is -2.49.